The SMILES string of the molecule is Cc1ccc(N=C(N)Nc2ccc(C)c(C)c2)cc1C. The normalized spacial score (nSPS) is 11.5. The standard InChI is InChI=1S/C17H21N3/c1-11-5-7-15(9-13(11)3)19-17(18)20-16-8-6-12(2)14(4)10-16/h5-10H,1-4H3,(H3,18,19,20). The van der Waals surface area contributed by atoms with Crippen LogP contribution in [0.4, 0.5) is 11.4 Å². The van der Waals surface area contributed by atoms with Crippen LogP contribution < -0.4 is 11.1 Å². The molecule has 0 radical (unpaired) electrons. The molecule has 0 aliphatic carbocycles. The fraction of sp³-hybridized carbons (Fsp3) is 0.235. The minimum Gasteiger partial charge on any atom is -0.369 e. The van der Waals surface area contributed by atoms with Crippen LogP contribution in [0.3, 0.4) is 0 Å². The number of aliphatic imine (C=N–C) groups is 1. The van der Waals surface area contributed by atoms with Crippen molar-refractivity contribution in [1.29, 1.82) is 0 Å². The lowest BCUT2D eigenvalue weighted by Gasteiger charge is -2.08. The molecule has 3 N–H and O–H groups in total. The predicted octanol–water partition coefficient (Wildman–Crippen LogP) is 3.98. The molecule has 0 aliphatic heterocycles. The van der Waals surface area contributed by atoms with Crippen molar-refractivity contribution in [2.45, 2.75) is 27.7 Å². The van der Waals surface area contributed by atoms with E-state index in [1.54, 1.807) is 0 Å². The third-order valence-electron chi connectivity index (χ3n) is 3.52. The van der Waals surface area contributed by atoms with Gasteiger partial charge in [-0.05, 0) is 74.2 Å². The molecule has 0 spiro atoms. The van der Waals surface area contributed by atoms with Crippen molar-refractivity contribution in [3.05, 3.63) is 58.7 Å². The Kier molecular flexibility index (Phi) is 4.08. The Morgan fingerprint density at radius 2 is 1.45 bits per heavy atom. The summed E-state index contributed by atoms with van der Waals surface area (Å²) in [5.74, 6) is 0.400. The van der Waals surface area contributed by atoms with Crippen molar-refractivity contribution in [2.24, 2.45) is 10.7 Å². The maximum Gasteiger partial charge on any atom is 0.198 e. The Balaban J connectivity index is 2.17. The van der Waals surface area contributed by atoms with Crippen LogP contribution in [0.1, 0.15) is 22.3 Å². The molecule has 104 valence electrons. The van der Waals surface area contributed by atoms with Gasteiger partial charge in [0.05, 0.1) is 5.69 Å². The van der Waals surface area contributed by atoms with Gasteiger partial charge in [0.25, 0.3) is 0 Å². The van der Waals surface area contributed by atoms with Crippen molar-refractivity contribution in [1.82, 2.24) is 0 Å². The molecule has 0 saturated heterocycles. The molecule has 0 aliphatic rings. The molecule has 0 fully saturated rings. The van der Waals surface area contributed by atoms with E-state index in [9.17, 15) is 0 Å². The molecule has 2 aromatic carbocycles. The van der Waals surface area contributed by atoms with Crippen LogP contribution in [0.5, 0.6) is 0 Å². The van der Waals surface area contributed by atoms with Gasteiger partial charge in [-0.1, -0.05) is 12.1 Å². The van der Waals surface area contributed by atoms with Crippen LogP contribution in [0.15, 0.2) is 41.4 Å². The van der Waals surface area contributed by atoms with Crippen molar-refractivity contribution in [2.75, 3.05) is 5.32 Å². The molecule has 0 bridgehead atoms. The molecule has 3 nitrogen and oxygen atoms in total. The van der Waals surface area contributed by atoms with E-state index in [1.165, 1.54) is 22.3 Å². The lowest BCUT2D eigenvalue weighted by molar-refractivity contribution is 1.31. The third-order valence-corrected chi connectivity index (χ3v) is 3.52. The Bertz CT molecular complexity index is 657. The summed E-state index contributed by atoms with van der Waals surface area (Å²) in [5, 5.41) is 3.12. The number of nitrogens with one attached hydrogen (secondary N) is 1. The Labute approximate surface area is 120 Å². The van der Waals surface area contributed by atoms with E-state index < -0.39 is 0 Å². The van der Waals surface area contributed by atoms with E-state index in [0.29, 0.717) is 5.96 Å². The van der Waals surface area contributed by atoms with Gasteiger partial charge in [-0.15, -0.1) is 0 Å². The zero-order chi connectivity index (χ0) is 14.7. The minimum absolute atomic E-state index is 0.400. The first kappa shape index (κ1) is 14.1. The van der Waals surface area contributed by atoms with Gasteiger partial charge < -0.3 is 11.1 Å². The van der Waals surface area contributed by atoms with Gasteiger partial charge in [0.15, 0.2) is 5.96 Å². The Morgan fingerprint density at radius 3 is 2.05 bits per heavy atom. The maximum atomic E-state index is 5.95. The second-order valence-corrected chi connectivity index (χ2v) is 5.19. The van der Waals surface area contributed by atoms with Gasteiger partial charge in [0, 0.05) is 5.69 Å². The number of nitrogens with two attached hydrogens (primary N) is 1. The van der Waals surface area contributed by atoms with Crippen molar-refractivity contribution in [3.63, 3.8) is 0 Å². The maximum absolute atomic E-state index is 5.95. The van der Waals surface area contributed by atoms with Crippen LogP contribution in [0.2, 0.25) is 0 Å². The van der Waals surface area contributed by atoms with E-state index in [0.717, 1.165) is 11.4 Å². The average molecular weight is 267 g/mol. The zero-order valence-electron chi connectivity index (χ0n) is 12.5. The highest BCUT2D eigenvalue weighted by Gasteiger charge is 1.99. The van der Waals surface area contributed by atoms with Gasteiger partial charge in [-0.3, -0.25) is 0 Å². The molecule has 0 amide bonds. The van der Waals surface area contributed by atoms with E-state index >= 15 is 0 Å². The number of nitrogens with zero attached hydrogens (tertiary/aromatic N) is 1. The fourth-order valence-corrected chi connectivity index (χ4v) is 1.93. The highest BCUT2D eigenvalue weighted by molar-refractivity contribution is 5.94. The number of hydrogen-bond donors (Lipinski definition) is 2. The monoisotopic (exact) mass is 267 g/mol. The molecule has 2 rings (SSSR count). The van der Waals surface area contributed by atoms with Gasteiger partial charge in [0.2, 0.25) is 0 Å². The van der Waals surface area contributed by atoms with E-state index in [2.05, 4.69) is 56.2 Å². The van der Waals surface area contributed by atoms with Crippen LogP contribution in [0.25, 0.3) is 0 Å². The quantitative estimate of drug-likeness (QED) is 0.638. The van der Waals surface area contributed by atoms with Gasteiger partial charge in [0.1, 0.15) is 0 Å². The molecule has 2 aromatic rings. The van der Waals surface area contributed by atoms with Crippen molar-refractivity contribution < 1.29 is 0 Å². The smallest absolute Gasteiger partial charge is 0.198 e. The van der Waals surface area contributed by atoms with Crippen molar-refractivity contribution in [3.8, 4) is 0 Å². The summed E-state index contributed by atoms with van der Waals surface area (Å²) in [6.07, 6.45) is 0. The lowest BCUT2D eigenvalue weighted by Crippen LogP contribution is -2.22. The number of aryl methyl sites for hydroxylation is 4. The number of benzene rings is 2. The fourth-order valence-electron chi connectivity index (χ4n) is 1.93. The Hall–Kier alpha value is -2.29. The number of hydrogen-bond acceptors (Lipinski definition) is 1. The Morgan fingerprint density at radius 1 is 0.850 bits per heavy atom. The summed E-state index contributed by atoms with van der Waals surface area (Å²) in [4.78, 5) is 4.39. The second-order valence-electron chi connectivity index (χ2n) is 5.19. The molecule has 0 saturated carbocycles. The van der Waals surface area contributed by atoms with Crippen LogP contribution in [-0.4, -0.2) is 5.96 Å². The average Bonchev–Trinajstić information content (AvgIpc) is 2.38. The minimum atomic E-state index is 0.400. The first-order valence-electron chi connectivity index (χ1n) is 6.71. The predicted molar refractivity (Wildman–Crippen MR) is 86.7 cm³/mol. The molecule has 0 atom stereocenters. The van der Waals surface area contributed by atoms with Gasteiger partial charge >= 0.3 is 0 Å². The molecule has 3 heteroatoms. The molecule has 0 aromatic heterocycles. The molecular weight excluding hydrogens is 246 g/mol. The van der Waals surface area contributed by atoms with Crippen LogP contribution in [0, 0.1) is 27.7 Å². The van der Waals surface area contributed by atoms with E-state index in [-0.39, 0.29) is 0 Å². The number of guanidine groups is 1. The molecule has 20 heavy (non-hydrogen) atoms. The van der Waals surface area contributed by atoms with Gasteiger partial charge in [-0.2, -0.15) is 0 Å². The van der Waals surface area contributed by atoms with Gasteiger partial charge in [-0.25, -0.2) is 4.99 Å². The van der Waals surface area contributed by atoms with Crippen LogP contribution >= 0.6 is 0 Å². The summed E-state index contributed by atoms with van der Waals surface area (Å²) in [6.45, 7) is 8.32. The van der Waals surface area contributed by atoms with E-state index in [4.69, 9.17) is 5.73 Å². The number of anilines is 1. The molecular formula is C17H21N3. The summed E-state index contributed by atoms with van der Waals surface area (Å²) in [5.41, 5.74) is 12.7. The first-order valence-corrected chi connectivity index (χ1v) is 6.71. The lowest BCUT2D eigenvalue weighted by atomic mass is 10.1. The number of rotatable bonds is 2. The zero-order valence-corrected chi connectivity index (χ0v) is 12.5. The largest absolute Gasteiger partial charge is 0.369 e. The van der Waals surface area contributed by atoms with Crippen molar-refractivity contribution >= 4 is 17.3 Å². The van der Waals surface area contributed by atoms with Crippen LogP contribution in [-0.2, 0) is 0 Å². The highest BCUT2D eigenvalue weighted by Crippen LogP contribution is 2.18. The topological polar surface area (TPSA) is 50.4 Å². The summed E-state index contributed by atoms with van der Waals surface area (Å²) in [6, 6.07) is 12.2. The van der Waals surface area contributed by atoms with E-state index in [1.807, 2.05) is 18.2 Å². The first-order chi connectivity index (χ1) is 9.45. The molecule has 0 heterocycles. The highest BCUT2D eigenvalue weighted by atomic mass is 15.1. The summed E-state index contributed by atoms with van der Waals surface area (Å²) in [7, 11) is 0. The summed E-state index contributed by atoms with van der Waals surface area (Å²) < 4.78 is 0. The second kappa shape index (κ2) is 5.78. The molecule has 0 unspecified atom stereocenters. The third kappa shape index (κ3) is 3.38. The summed E-state index contributed by atoms with van der Waals surface area (Å²) >= 11 is 0.